The van der Waals surface area contributed by atoms with Crippen LogP contribution < -0.4 is 10.1 Å². The number of hydrogen-bond donors (Lipinski definition) is 2. The summed E-state index contributed by atoms with van der Waals surface area (Å²) in [5.74, 6) is 0.190. The van der Waals surface area contributed by atoms with E-state index in [4.69, 9.17) is 9.73 Å². The second-order valence-electron chi connectivity index (χ2n) is 7.49. The van der Waals surface area contributed by atoms with Crippen LogP contribution in [0, 0.1) is 11.8 Å². The van der Waals surface area contributed by atoms with E-state index in [9.17, 15) is 14.7 Å². The van der Waals surface area contributed by atoms with E-state index < -0.39 is 5.97 Å². The summed E-state index contributed by atoms with van der Waals surface area (Å²) in [5.41, 5.74) is 3.36. The number of benzene rings is 1. The lowest BCUT2D eigenvalue weighted by molar-refractivity contribution is -0.138. The zero-order valence-electron chi connectivity index (χ0n) is 16.6. The highest BCUT2D eigenvalue weighted by Crippen LogP contribution is 2.32. The molecular weight excluding hydrogens is 358 g/mol. The van der Waals surface area contributed by atoms with Crippen LogP contribution in [-0.4, -0.2) is 61.0 Å². The SMILES string of the molecule is CCNC(=O)N1CCC(CC(=O)O)C(CC2=NCCc3cc(OC)ccc32)C1. The lowest BCUT2D eigenvalue weighted by atomic mass is 9.78. The summed E-state index contributed by atoms with van der Waals surface area (Å²) in [6.45, 7) is 4.37. The lowest BCUT2D eigenvalue weighted by Gasteiger charge is -2.38. The number of nitrogens with one attached hydrogen (secondary N) is 1. The fourth-order valence-corrected chi connectivity index (χ4v) is 4.26. The summed E-state index contributed by atoms with van der Waals surface area (Å²) in [7, 11) is 1.66. The van der Waals surface area contributed by atoms with Gasteiger partial charge in [-0.05, 0) is 67.3 Å². The van der Waals surface area contributed by atoms with Crippen LogP contribution in [0.25, 0.3) is 0 Å². The van der Waals surface area contributed by atoms with Gasteiger partial charge in [0.15, 0.2) is 0 Å². The van der Waals surface area contributed by atoms with Crippen LogP contribution in [0.5, 0.6) is 5.75 Å². The summed E-state index contributed by atoms with van der Waals surface area (Å²) in [5, 5.41) is 12.2. The zero-order valence-corrected chi connectivity index (χ0v) is 16.6. The van der Waals surface area contributed by atoms with Gasteiger partial charge in [0.1, 0.15) is 5.75 Å². The molecule has 3 rings (SSSR count). The van der Waals surface area contributed by atoms with E-state index in [-0.39, 0.29) is 24.3 Å². The van der Waals surface area contributed by atoms with Gasteiger partial charge in [-0.15, -0.1) is 0 Å². The quantitative estimate of drug-likeness (QED) is 0.785. The lowest BCUT2D eigenvalue weighted by Crippen LogP contribution is -2.48. The predicted molar refractivity (Wildman–Crippen MR) is 107 cm³/mol. The largest absolute Gasteiger partial charge is 0.497 e. The van der Waals surface area contributed by atoms with Gasteiger partial charge in [0.05, 0.1) is 7.11 Å². The van der Waals surface area contributed by atoms with Gasteiger partial charge in [0.2, 0.25) is 0 Å². The molecule has 2 aliphatic rings. The van der Waals surface area contributed by atoms with Gasteiger partial charge in [0.25, 0.3) is 0 Å². The molecule has 0 aromatic heterocycles. The molecule has 0 aliphatic carbocycles. The average molecular weight is 387 g/mol. The molecule has 0 saturated carbocycles. The molecule has 0 bridgehead atoms. The first-order chi connectivity index (χ1) is 13.5. The van der Waals surface area contributed by atoms with Gasteiger partial charge in [-0.2, -0.15) is 0 Å². The molecule has 1 aromatic rings. The van der Waals surface area contributed by atoms with Crippen LogP contribution in [0.4, 0.5) is 4.79 Å². The third kappa shape index (κ3) is 4.64. The van der Waals surface area contributed by atoms with Gasteiger partial charge >= 0.3 is 12.0 Å². The van der Waals surface area contributed by atoms with Crippen LogP contribution >= 0.6 is 0 Å². The Balaban J connectivity index is 1.79. The van der Waals surface area contributed by atoms with Crippen LogP contribution in [0.3, 0.4) is 0 Å². The standard InChI is InChI=1S/C21H29N3O4/c1-3-22-21(27)24-9-7-14(12-20(25)26)16(13-24)11-19-18-5-4-17(28-2)10-15(18)6-8-23-19/h4-5,10,14,16H,3,6-9,11-13H2,1-2H3,(H,22,27)(H,25,26). The highest BCUT2D eigenvalue weighted by Gasteiger charge is 2.34. The van der Waals surface area contributed by atoms with Gasteiger partial charge in [-0.25, -0.2) is 4.79 Å². The Morgan fingerprint density at radius 2 is 2.18 bits per heavy atom. The van der Waals surface area contributed by atoms with Crippen molar-refractivity contribution in [1.29, 1.82) is 0 Å². The highest BCUT2D eigenvalue weighted by atomic mass is 16.5. The Labute approximate surface area is 165 Å². The van der Waals surface area contributed by atoms with Crippen LogP contribution in [-0.2, 0) is 11.2 Å². The fourth-order valence-electron chi connectivity index (χ4n) is 4.26. The molecule has 2 unspecified atom stereocenters. The first-order valence-corrected chi connectivity index (χ1v) is 9.97. The first kappa shape index (κ1) is 20.2. The Bertz CT molecular complexity index is 762. The van der Waals surface area contributed by atoms with Crippen LogP contribution in [0.15, 0.2) is 23.2 Å². The number of aliphatic imine (C=N–C) groups is 1. The molecule has 1 saturated heterocycles. The highest BCUT2D eigenvalue weighted by molar-refractivity contribution is 6.03. The maximum Gasteiger partial charge on any atom is 0.317 e. The molecule has 152 valence electrons. The number of carboxylic acid groups (broad SMARTS) is 1. The predicted octanol–water partition coefficient (Wildman–Crippen LogP) is 2.57. The number of piperidine rings is 1. The molecule has 7 heteroatoms. The van der Waals surface area contributed by atoms with E-state index >= 15 is 0 Å². The molecule has 0 spiro atoms. The Morgan fingerprint density at radius 1 is 1.36 bits per heavy atom. The Kier molecular flexibility index (Phi) is 6.54. The van der Waals surface area contributed by atoms with Crippen LogP contribution in [0.2, 0.25) is 0 Å². The molecule has 2 amide bonds. The third-order valence-electron chi connectivity index (χ3n) is 5.71. The summed E-state index contributed by atoms with van der Waals surface area (Å²) in [6.07, 6.45) is 2.41. The molecule has 1 fully saturated rings. The van der Waals surface area contributed by atoms with E-state index in [0.717, 1.165) is 30.0 Å². The number of nitrogens with zero attached hydrogens (tertiary/aromatic N) is 2. The number of carbonyl (C=O) groups is 2. The van der Waals surface area contributed by atoms with Crippen molar-refractivity contribution < 1.29 is 19.4 Å². The van der Waals surface area contributed by atoms with Gasteiger partial charge < -0.3 is 20.1 Å². The molecule has 1 aromatic carbocycles. The van der Waals surface area contributed by atoms with Crippen LogP contribution in [0.1, 0.15) is 37.3 Å². The van der Waals surface area contributed by atoms with E-state index in [0.29, 0.717) is 32.5 Å². The zero-order chi connectivity index (χ0) is 20.1. The average Bonchev–Trinajstić information content (AvgIpc) is 2.68. The molecular formula is C21H29N3O4. The van der Waals surface area contributed by atoms with Crippen molar-refractivity contribution in [1.82, 2.24) is 10.2 Å². The second-order valence-corrected chi connectivity index (χ2v) is 7.49. The van der Waals surface area contributed by atoms with E-state index in [1.54, 1.807) is 7.11 Å². The number of methoxy groups -OCH3 is 1. The summed E-state index contributed by atoms with van der Waals surface area (Å²) >= 11 is 0. The minimum Gasteiger partial charge on any atom is -0.497 e. The first-order valence-electron chi connectivity index (χ1n) is 9.97. The molecule has 0 radical (unpaired) electrons. The number of urea groups is 1. The number of carbonyl (C=O) groups excluding carboxylic acids is 1. The van der Waals surface area contributed by atoms with Crippen molar-refractivity contribution in [3.63, 3.8) is 0 Å². The summed E-state index contributed by atoms with van der Waals surface area (Å²) < 4.78 is 5.33. The molecule has 2 heterocycles. The number of amides is 2. The molecule has 2 N–H and O–H groups in total. The Hall–Kier alpha value is -2.57. The minimum atomic E-state index is -0.780. The second kappa shape index (κ2) is 9.08. The number of rotatable bonds is 6. The van der Waals surface area contributed by atoms with Crippen molar-refractivity contribution >= 4 is 17.7 Å². The topological polar surface area (TPSA) is 91.2 Å². The monoisotopic (exact) mass is 387 g/mol. The summed E-state index contributed by atoms with van der Waals surface area (Å²) in [6, 6.07) is 5.97. The third-order valence-corrected chi connectivity index (χ3v) is 5.71. The number of hydrogen-bond acceptors (Lipinski definition) is 4. The van der Waals surface area contributed by atoms with Crippen molar-refractivity contribution in [2.75, 3.05) is 33.3 Å². The molecule has 7 nitrogen and oxygen atoms in total. The maximum absolute atomic E-state index is 12.3. The Morgan fingerprint density at radius 3 is 2.89 bits per heavy atom. The number of fused-ring (bicyclic) bond motifs is 1. The van der Waals surface area contributed by atoms with Gasteiger partial charge in [0, 0.05) is 38.3 Å². The smallest absolute Gasteiger partial charge is 0.317 e. The number of aliphatic carboxylic acids is 1. The normalized spacial score (nSPS) is 21.5. The van der Waals surface area contributed by atoms with Gasteiger partial charge in [-0.1, -0.05) is 0 Å². The van der Waals surface area contributed by atoms with Crippen molar-refractivity contribution in [3.05, 3.63) is 29.3 Å². The molecule has 28 heavy (non-hydrogen) atoms. The number of likely N-dealkylation sites (tertiary alicyclic amines) is 1. The minimum absolute atomic E-state index is 0.0505. The van der Waals surface area contributed by atoms with Crippen molar-refractivity contribution in [3.8, 4) is 5.75 Å². The van der Waals surface area contributed by atoms with Gasteiger partial charge in [-0.3, -0.25) is 9.79 Å². The van der Waals surface area contributed by atoms with E-state index in [1.807, 2.05) is 24.0 Å². The number of ether oxygens (including phenoxy) is 1. The maximum atomic E-state index is 12.3. The fraction of sp³-hybridized carbons (Fsp3) is 0.571. The van der Waals surface area contributed by atoms with E-state index in [1.165, 1.54) is 5.56 Å². The van der Waals surface area contributed by atoms with Crippen molar-refractivity contribution in [2.24, 2.45) is 16.8 Å². The van der Waals surface area contributed by atoms with Crippen molar-refractivity contribution in [2.45, 2.75) is 32.6 Å². The summed E-state index contributed by atoms with van der Waals surface area (Å²) in [4.78, 5) is 30.2. The number of carboxylic acids is 1. The molecule has 2 aliphatic heterocycles. The van der Waals surface area contributed by atoms with E-state index in [2.05, 4.69) is 11.4 Å². The molecule has 2 atom stereocenters.